The number of hydrogen-bond donors (Lipinski definition) is 2. The highest BCUT2D eigenvalue weighted by atomic mass is 16.3. The molecule has 0 aliphatic carbocycles. The van der Waals surface area contributed by atoms with Crippen molar-refractivity contribution in [1.82, 2.24) is 4.98 Å². The van der Waals surface area contributed by atoms with Crippen molar-refractivity contribution in [3.63, 3.8) is 0 Å². The first-order valence-electron chi connectivity index (χ1n) is 3.52. The van der Waals surface area contributed by atoms with Crippen molar-refractivity contribution in [3.8, 4) is 6.07 Å². The molecule has 1 heterocycles. The first kappa shape index (κ1) is 8.65. The van der Waals surface area contributed by atoms with E-state index in [1.54, 1.807) is 12.1 Å². The lowest BCUT2D eigenvalue weighted by molar-refractivity contribution is 0.186. The van der Waals surface area contributed by atoms with E-state index >= 15 is 0 Å². The maximum absolute atomic E-state index is 9.33. The molecule has 0 aliphatic heterocycles. The molecular weight excluding hydrogens is 154 g/mol. The summed E-state index contributed by atoms with van der Waals surface area (Å²) in [7, 11) is 0. The predicted octanol–water partition coefficient (Wildman–Crippen LogP) is -0.0546. The molecule has 4 nitrogen and oxygen atoms in total. The quantitative estimate of drug-likeness (QED) is 0.640. The summed E-state index contributed by atoms with van der Waals surface area (Å²) in [6.07, 6.45) is 0.707. The number of hydrogen-bond acceptors (Lipinski definition) is 4. The van der Waals surface area contributed by atoms with E-state index in [1.165, 1.54) is 6.20 Å². The van der Waals surface area contributed by atoms with Crippen molar-refractivity contribution < 1.29 is 5.11 Å². The maximum atomic E-state index is 9.33. The third-order valence-electron chi connectivity index (χ3n) is 1.53. The minimum atomic E-state index is -0.798. The lowest BCUT2D eigenvalue weighted by atomic mass is 10.1. The Morgan fingerprint density at radius 1 is 1.75 bits per heavy atom. The number of aromatic nitrogens is 1. The molecule has 0 bridgehead atoms. The van der Waals surface area contributed by atoms with Crippen LogP contribution in [-0.4, -0.2) is 16.6 Å². The van der Waals surface area contributed by atoms with Gasteiger partial charge < -0.3 is 10.8 Å². The van der Waals surface area contributed by atoms with Gasteiger partial charge in [0, 0.05) is 18.3 Å². The zero-order valence-corrected chi connectivity index (χ0v) is 6.44. The second-order valence-corrected chi connectivity index (χ2v) is 2.30. The molecule has 0 fully saturated rings. The standard InChI is InChI=1S/C8H9N3O/c9-4-7-6(8(12)5-10)2-1-3-11-7/h1-3,8,12H,5,10H2. The molecular formula is C8H9N3O. The summed E-state index contributed by atoms with van der Waals surface area (Å²) >= 11 is 0. The van der Waals surface area contributed by atoms with Crippen LogP contribution in [0.3, 0.4) is 0 Å². The first-order chi connectivity index (χ1) is 5.79. The number of nitrogens with two attached hydrogens (primary N) is 1. The number of aliphatic hydroxyl groups is 1. The van der Waals surface area contributed by atoms with Crippen molar-refractivity contribution in [3.05, 3.63) is 29.6 Å². The number of rotatable bonds is 2. The fraction of sp³-hybridized carbons (Fsp3) is 0.250. The van der Waals surface area contributed by atoms with Gasteiger partial charge in [0.1, 0.15) is 11.8 Å². The van der Waals surface area contributed by atoms with Crippen LogP contribution in [0.5, 0.6) is 0 Å². The Kier molecular flexibility index (Phi) is 2.75. The summed E-state index contributed by atoms with van der Waals surface area (Å²) in [4.78, 5) is 3.79. The zero-order chi connectivity index (χ0) is 8.97. The second kappa shape index (κ2) is 3.81. The van der Waals surface area contributed by atoms with Gasteiger partial charge in [0.05, 0.1) is 6.10 Å². The van der Waals surface area contributed by atoms with Crippen molar-refractivity contribution in [2.24, 2.45) is 5.73 Å². The van der Waals surface area contributed by atoms with Crippen LogP contribution in [0, 0.1) is 11.3 Å². The molecule has 1 unspecified atom stereocenters. The highest BCUT2D eigenvalue weighted by Gasteiger charge is 2.10. The second-order valence-electron chi connectivity index (χ2n) is 2.30. The molecule has 0 aliphatic rings. The third kappa shape index (κ3) is 1.59. The summed E-state index contributed by atoms with van der Waals surface area (Å²) < 4.78 is 0. The molecule has 62 valence electrons. The van der Waals surface area contributed by atoms with Gasteiger partial charge in [-0.2, -0.15) is 5.26 Å². The summed E-state index contributed by atoms with van der Waals surface area (Å²) in [5.74, 6) is 0. The highest BCUT2D eigenvalue weighted by molar-refractivity contribution is 5.32. The largest absolute Gasteiger partial charge is 0.387 e. The van der Waals surface area contributed by atoms with Crippen molar-refractivity contribution in [1.29, 1.82) is 5.26 Å². The van der Waals surface area contributed by atoms with Gasteiger partial charge >= 0.3 is 0 Å². The van der Waals surface area contributed by atoms with Crippen LogP contribution in [0.1, 0.15) is 17.4 Å². The van der Waals surface area contributed by atoms with Gasteiger partial charge in [-0.15, -0.1) is 0 Å². The molecule has 1 rings (SSSR count). The summed E-state index contributed by atoms with van der Waals surface area (Å²) in [5, 5.41) is 17.9. The summed E-state index contributed by atoms with van der Waals surface area (Å²) in [6.45, 7) is 0.0976. The molecule has 0 saturated carbocycles. The van der Waals surface area contributed by atoms with Gasteiger partial charge in [0.25, 0.3) is 0 Å². The molecule has 3 N–H and O–H groups in total. The number of pyridine rings is 1. The van der Waals surface area contributed by atoms with E-state index in [1.807, 2.05) is 6.07 Å². The Balaban J connectivity index is 3.07. The fourth-order valence-electron chi connectivity index (χ4n) is 0.907. The number of nitrogens with zero attached hydrogens (tertiary/aromatic N) is 2. The van der Waals surface area contributed by atoms with Crippen LogP contribution in [0.25, 0.3) is 0 Å². The van der Waals surface area contributed by atoms with Crippen LogP contribution in [-0.2, 0) is 0 Å². The SMILES string of the molecule is N#Cc1ncccc1C(O)CN. The van der Waals surface area contributed by atoms with E-state index in [4.69, 9.17) is 11.0 Å². The Hall–Kier alpha value is -1.44. The van der Waals surface area contributed by atoms with E-state index in [2.05, 4.69) is 4.98 Å². The van der Waals surface area contributed by atoms with Crippen LogP contribution < -0.4 is 5.73 Å². The molecule has 0 spiro atoms. The van der Waals surface area contributed by atoms with E-state index in [0.29, 0.717) is 5.56 Å². The molecule has 0 radical (unpaired) electrons. The van der Waals surface area contributed by atoms with Crippen molar-refractivity contribution in [2.45, 2.75) is 6.10 Å². The van der Waals surface area contributed by atoms with E-state index in [0.717, 1.165) is 0 Å². The Bertz CT molecular complexity index is 305. The Labute approximate surface area is 70.3 Å². The lowest BCUT2D eigenvalue weighted by Crippen LogP contribution is -2.13. The van der Waals surface area contributed by atoms with Gasteiger partial charge in [-0.25, -0.2) is 4.98 Å². The Morgan fingerprint density at radius 3 is 3.08 bits per heavy atom. The van der Waals surface area contributed by atoms with Gasteiger partial charge in [0.15, 0.2) is 0 Å². The molecule has 4 heteroatoms. The van der Waals surface area contributed by atoms with Gasteiger partial charge in [-0.3, -0.25) is 0 Å². The lowest BCUT2D eigenvalue weighted by Gasteiger charge is -2.07. The molecule has 0 aromatic carbocycles. The minimum absolute atomic E-state index is 0.0976. The molecule has 1 atom stereocenters. The van der Waals surface area contributed by atoms with E-state index < -0.39 is 6.10 Å². The van der Waals surface area contributed by atoms with Gasteiger partial charge in [-0.1, -0.05) is 6.07 Å². The smallest absolute Gasteiger partial charge is 0.146 e. The number of aliphatic hydroxyl groups excluding tert-OH is 1. The van der Waals surface area contributed by atoms with Gasteiger partial charge in [0.2, 0.25) is 0 Å². The van der Waals surface area contributed by atoms with Gasteiger partial charge in [-0.05, 0) is 6.07 Å². The average Bonchev–Trinajstić information content (AvgIpc) is 2.16. The fourth-order valence-corrected chi connectivity index (χ4v) is 0.907. The monoisotopic (exact) mass is 163 g/mol. The predicted molar refractivity (Wildman–Crippen MR) is 43.0 cm³/mol. The minimum Gasteiger partial charge on any atom is -0.387 e. The first-order valence-corrected chi connectivity index (χ1v) is 3.52. The van der Waals surface area contributed by atoms with Crippen molar-refractivity contribution >= 4 is 0 Å². The highest BCUT2D eigenvalue weighted by Crippen LogP contribution is 2.13. The van der Waals surface area contributed by atoms with Crippen LogP contribution in [0.2, 0.25) is 0 Å². The topological polar surface area (TPSA) is 82.9 Å². The molecule has 1 aromatic rings. The van der Waals surface area contributed by atoms with E-state index in [-0.39, 0.29) is 12.2 Å². The molecule has 0 amide bonds. The van der Waals surface area contributed by atoms with Crippen LogP contribution in [0.4, 0.5) is 0 Å². The third-order valence-corrected chi connectivity index (χ3v) is 1.53. The van der Waals surface area contributed by atoms with Crippen LogP contribution >= 0.6 is 0 Å². The molecule has 0 saturated heterocycles. The van der Waals surface area contributed by atoms with Crippen molar-refractivity contribution in [2.75, 3.05) is 6.54 Å². The number of nitriles is 1. The zero-order valence-electron chi connectivity index (χ0n) is 6.44. The average molecular weight is 163 g/mol. The Morgan fingerprint density at radius 2 is 2.50 bits per heavy atom. The molecule has 12 heavy (non-hydrogen) atoms. The van der Waals surface area contributed by atoms with E-state index in [9.17, 15) is 5.11 Å². The summed E-state index contributed by atoms with van der Waals surface area (Å²) in [6, 6.07) is 5.19. The summed E-state index contributed by atoms with van der Waals surface area (Å²) in [5.41, 5.74) is 5.96. The maximum Gasteiger partial charge on any atom is 0.146 e. The molecule has 1 aromatic heterocycles. The normalized spacial score (nSPS) is 12.1. The van der Waals surface area contributed by atoms with Crippen LogP contribution in [0.15, 0.2) is 18.3 Å².